The second-order valence-electron chi connectivity index (χ2n) is 6.64. The zero-order valence-electron chi connectivity index (χ0n) is 12.6. The summed E-state index contributed by atoms with van der Waals surface area (Å²) >= 11 is 0. The third-order valence-electron chi connectivity index (χ3n) is 3.29. The number of ether oxygens (including phenoxy) is 1. The molecular weight excluding hydrogens is 265 g/mol. The van der Waals surface area contributed by atoms with E-state index in [9.17, 15) is 14.0 Å². The lowest BCUT2D eigenvalue weighted by molar-refractivity contribution is -0.151. The van der Waals surface area contributed by atoms with Gasteiger partial charge in [0.2, 0.25) is 5.67 Å². The van der Waals surface area contributed by atoms with E-state index in [0.717, 1.165) is 19.8 Å². The van der Waals surface area contributed by atoms with Crippen LogP contribution in [0.2, 0.25) is 0 Å². The molecule has 0 aromatic carbocycles. The number of likely N-dealkylation sites (tertiary alicyclic amines) is 1. The molecule has 2 atom stereocenters. The van der Waals surface area contributed by atoms with Crippen LogP contribution in [0.3, 0.4) is 0 Å². The van der Waals surface area contributed by atoms with Crippen LogP contribution >= 0.6 is 0 Å². The molecule has 1 aliphatic heterocycles. The van der Waals surface area contributed by atoms with E-state index in [0.29, 0.717) is 13.1 Å². The third kappa shape index (κ3) is 4.98. The standard InChI is InChI=1S/C14H24FNO4/c1-13(2,3)20-12(19)16-7-5-6-10(9-16)8-14(4,15)11(17)18/h10H,5-9H2,1-4H3,(H,17,18). The first kappa shape index (κ1) is 16.7. The Morgan fingerprint density at radius 3 is 2.45 bits per heavy atom. The molecule has 0 bridgehead atoms. The van der Waals surface area contributed by atoms with Crippen LogP contribution in [0.25, 0.3) is 0 Å². The van der Waals surface area contributed by atoms with Gasteiger partial charge in [0.05, 0.1) is 0 Å². The number of carboxylic acid groups (broad SMARTS) is 1. The average Bonchev–Trinajstić information content (AvgIpc) is 2.26. The van der Waals surface area contributed by atoms with Crippen molar-refractivity contribution in [2.45, 2.75) is 58.2 Å². The minimum atomic E-state index is -2.25. The highest BCUT2D eigenvalue weighted by molar-refractivity contribution is 5.76. The lowest BCUT2D eigenvalue weighted by Gasteiger charge is -2.35. The number of carbonyl (C=O) groups is 2. The Morgan fingerprint density at radius 2 is 1.95 bits per heavy atom. The summed E-state index contributed by atoms with van der Waals surface area (Å²) in [4.78, 5) is 24.3. The maximum absolute atomic E-state index is 13.9. The highest BCUT2D eigenvalue weighted by Crippen LogP contribution is 2.28. The fourth-order valence-corrected chi connectivity index (χ4v) is 2.35. The molecule has 2 unspecified atom stereocenters. The van der Waals surface area contributed by atoms with Crippen molar-refractivity contribution in [2.75, 3.05) is 13.1 Å². The second-order valence-corrected chi connectivity index (χ2v) is 6.64. The molecule has 0 saturated carbocycles. The number of hydrogen-bond donors (Lipinski definition) is 1. The largest absolute Gasteiger partial charge is 0.479 e. The van der Waals surface area contributed by atoms with Crippen LogP contribution in [0.15, 0.2) is 0 Å². The predicted molar refractivity (Wildman–Crippen MR) is 72.3 cm³/mol. The van der Waals surface area contributed by atoms with Crippen LogP contribution < -0.4 is 0 Å². The van der Waals surface area contributed by atoms with Gasteiger partial charge >= 0.3 is 12.1 Å². The van der Waals surface area contributed by atoms with Crippen LogP contribution in [0, 0.1) is 5.92 Å². The van der Waals surface area contributed by atoms with Gasteiger partial charge in [0.1, 0.15) is 5.60 Å². The van der Waals surface area contributed by atoms with Crippen LogP contribution in [-0.2, 0) is 9.53 Å². The molecule has 5 nitrogen and oxygen atoms in total. The molecular formula is C14H24FNO4. The number of hydrogen-bond acceptors (Lipinski definition) is 3. The van der Waals surface area contributed by atoms with E-state index < -0.39 is 23.3 Å². The van der Waals surface area contributed by atoms with E-state index in [1.165, 1.54) is 4.90 Å². The smallest absolute Gasteiger partial charge is 0.410 e. The zero-order valence-corrected chi connectivity index (χ0v) is 12.6. The van der Waals surface area contributed by atoms with E-state index in [1.54, 1.807) is 20.8 Å². The van der Waals surface area contributed by atoms with Gasteiger partial charge in [0, 0.05) is 13.1 Å². The van der Waals surface area contributed by atoms with Crippen molar-refractivity contribution in [1.29, 1.82) is 0 Å². The number of aliphatic carboxylic acids is 1. The molecule has 0 aliphatic carbocycles. The Labute approximate surface area is 119 Å². The number of piperidine rings is 1. The van der Waals surface area contributed by atoms with Gasteiger partial charge in [-0.1, -0.05) is 0 Å². The molecule has 0 spiro atoms. The van der Waals surface area contributed by atoms with Gasteiger partial charge in [-0.05, 0) is 52.9 Å². The lowest BCUT2D eigenvalue weighted by Crippen LogP contribution is -2.45. The Bertz CT molecular complexity index is 376. The SMILES string of the molecule is CC(C)(C)OC(=O)N1CCCC(CC(C)(F)C(=O)O)C1. The minimum Gasteiger partial charge on any atom is -0.479 e. The molecule has 1 N–H and O–H groups in total. The highest BCUT2D eigenvalue weighted by atomic mass is 19.1. The first-order valence-corrected chi connectivity index (χ1v) is 6.91. The maximum Gasteiger partial charge on any atom is 0.410 e. The summed E-state index contributed by atoms with van der Waals surface area (Å²) in [5, 5.41) is 8.82. The van der Waals surface area contributed by atoms with Crippen molar-refractivity contribution in [2.24, 2.45) is 5.92 Å². The van der Waals surface area contributed by atoms with Crippen molar-refractivity contribution < 1.29 is 23.8 Å². The molecule has 0 radical (unpaired) electrons. The maximum atomic E-state index is 13.9. The van der Waals surface area contributed by atoms with Gasteiger partial charge in [0.15, 0.2) is 0 Å². The highest BCUT2D eigenvalue weighted by Gasteiger charge is 2.38. The minimum absolute atomic E-state index is 0.0817. The van der Waals surface area contributed by atoms with Gasteiger partial charge in [-0.2, -0.15) is 0 Å². The summed E-state index contributed by atoms with van der Waals surface area (Å²) in [5.74, 6) is -1.60. The van der Waals surface area contributed by atoms with E-state index in [1.807, 2.05) is 0 Å². The first-order chi connectivity index (χ1) is 9.01. The number of nitrogens with zero attached hydrogens (tertiary/aromatic N) is 1. The quantitative estimate of drug-likeness (QED) is 0.867. The third-order valence-corrected chi connectivity index (χ3v) is 3.29. The zero-order chi connectivity index (χ0) is 15.6. The molecule has 1 aliphatic rings. The number of alkyl halides is 1. The summed E-state index contributed by atoms with van der Waals surface area (Å²) in [6.07, 6.45) is 0.964. The van der Waals surface area contributed by atoms with Crippen molar-refractivity contribution >= 4 is 12.1 Å². The lowest BCUT2D eigenvalue weighted by atomic mass is 9.87. The van der Waals surface area contributed by atoms with E-state index in [-0.39, 0.29) is 12.3 Å². The molecule has 20 heavy (non-hydrogen) atoms. The monoisotopic (exact) mass is 289 g/mol. The number of carbonyl (C=O) groups excluding carboxylic acids is 1. The Kier molecular flexibility index (Phi) is 5.00. The van der Waals surface area contributed by atoms with Crippen LogP contribution in [0.4, 0.5) is 9.18 Å². The summed E-state index contributed by atoms with van der Waals surface area (Å²) in [6, 6.07) is 0. The fourth-order valence-electron chi connectivity index (χ4n) is 2.35. The number of amides is 1. The van der Waals surface area contributed by atoms with Gasteiger partial charge in [0.25, 0.3) is 0 Å². The Morgan fingerprint density at radius 1 is 1.35 bits per heavy atom. The Hall–Kier alpha value is -1.33. The summed E-state index contributed by atoms with van der Waals surface area (Å²) < 4.78 is 19.1. The normalized spacial score (nSPS) is 23.1. The average molecular weight is 289 g/mol. The summed E-state index contributed by atoms with van der Waals surface area (Å²) in [6.45, 7) is 7.35. The van der Waals surface area contributed by atoms with Crippen LogP contribution in [-0.4, -0.2) is 46.4 Å². The van der Waals surface area contributed by atoms with Crippen molar-refractivity contribution in [3.63, 3.8) is 0 Å². The molecule has 1 heterocycles. The van der Waals surface area contributed by atoms with Crippen LogP contribution in [0.5, 0.6) is 0 Å². The van der Waals surface area contributed by atoms with Crippen molar-refractivity contribution in [3.05, 3.63) is 0 Å². The van der Waals surface area contributed by atoms with Crippen LogP contribution in [0.1, 0.15) is 47.0 Å². The molecule has 1 fully saturated rings. The number of rotatable bonds is 3. The van der Waals surface area contributed by atoms with Gasteiger partial charge < -0.3 is 14.7 Å². The summed E-state index contributed by atoms with van der Waals surface area (Å²) in [5.41, 5.74) is -2.82. The van der Waals surface area contributed by atoms with Gasteiger partial charge in [-0.25, -0.2) is 14.0 Å². The van der Waals surface area contributed by atoms with Crippen molar-refractivity contribution in [3.8, 4) is 0 Å². The molecule has 1 saturated heterocycles. The van der Waals surface area contributed by atoms with E-state index >= 15 is 0 Å². The molecule has 1 amide bonds. The number of carboxylic acids is 1. The molecule has 0 aromatic rings. The second kappa shape index (κ2) is 5.97. The molecule has 1 rings (SSSR count). The van der Waals surface area contributed by atoms with E-state index in [4.69, 9.17) is 9.84 Å². The fraction of sp³-hybridized carbons (Fsp3) is 0.857. The van der Waals surface area contributed by atoms with Gasteiger partial charge in [-0.15, -0.1) is 0 Å². The van der Waals surface area contributed by atoms with E-state index in [2.05, 4.69) is 0 Å². The Balaban J connectivity index is 2.59. The molecule has 116 valence electrons. The topological polar surface area (TPSA) is 66.8 Å². The molecule has 6 heteroatoms. The predicted octanol–water partition coefficient (Wildman–Crippen LogP) is 2.84. The van der Waals surface area contributed by atoms with Gasteiger partial charge in [-0.3, -0.25) is 0 Å². The molecule has 0 aromatic heterocycles. The first-order valence-electron chi connectivity index (χ1n) is 6.91. The van der Waals surface area contributed by atoms with Crippen molar-refractivity contribution in [1.82, 2.24) is 4.90 Å². The number of halogens is 1. The summed E-state index contributed by atoms with van der Waals surface area (Å²) in [7, 11) is 0.